The number of carbonyl (C=O) groups excluding carboxylic acids is 1. The van der Waals surface area contributed by atoms with E-state index in [-0.39, 0.29) is 17.5 Å². The molecule has 0 saturated carbocycles. The van der Waals surface area contributed by atoms with Gasteiger partial charge in [0, 0.05) is 31.2 Å². The first-order valence-electron chi connectivity index (χ1n) is 9.08. The molecule has 1 aromatic rings. The molecule has 1 aliphatic rings. The fraction of sp³-hybridized carbons (Fsp3) is 0.632. The van der Waals surface area contributed by atoms with Crippen molar-refractivity contribution in [1.82, 2.24) is 14.5 Å². The van der Waals surface area contributed by atoms with Gasteiger partial charge in [-0.05, 0) is 39.2 Å². The summed E-state index contributed by atoms with van der Waals surface area (Å²) >= 11 is 0. The smallest absolute Gasteiger partial charge is 0.237 e. The second kappa shape index (κ2) is 8.50. The molecule has 0 radical (unpaired) electrons. The van der Waals surface area contributed by atoms with Crippen LogP contribution in [-0.2, 0) is 21.4 Å². The van der Waals surface area contributed by atoms with E-state index in [4.69, 9.17) is 0 Å². The molecule has 1 amide bonds. The molecule has 0 atom stereocenters. The number of hydrogen-bond donors (Lipinski definition) is 1. The zero-order valence-electron chi connectivity index (χ0n) is 16.2. The van der Waals surface area contributed by atoms with Gasteiger partial charge in [-0.1, -0.05) is 30.3 Å². The first-order valence-corrected chi connectivity index (χ1v) is 11.0. The average Bonchev–Trinajstić information content (AvgIpc) is 2.53. The lowest BCUT2D eigenvalue weighted by molar-refractivity contribution is -0.138. The highest BCUT2D eigenvalue weighted by Crippen LogP contribution is 2.19. The van der Waals surface area contributed by atoms with E-state index in [0.717, 1.165) is 31.5 Å². The molecular formula is C19H31N3O3S. The van der Waals surface area contributed by atoms with Crippen LogP contribution in [0.2, 0.25) is 0 Å². The number of rotatable bonds is 6. The van der Waals surface area contributed by atoms with Gasteiger partial charge in [0.15, 0.2) is 0 Å². The zero-order valence-corrected chi connectivity index (χ0v) is 17.1. The van der Waals surface area contributed by atoms with Gasteiger partial charge in [0.25, 0.3) is 0 Å². The Morgan fingerprint density at radius 1 is 1.19 bits per heavy atom. The van der Waals surface area contributed by atoms with Gasteiger partial charge in [0.05, 0.1) is 12.8 Å². The molecule has 7 heteroatoms. The standard InChI is InChI=1S/C19H31N3O3S/c1-19(2,3)22(14-16-8-6-5-7-9-16)18(23)15-21-12-10-17(11-13-21)20-26(4,24)25/h5-9,17,20H,10-15H2,1-4H3. The summed E-state index contributed by atoms with van der Waals surface area (Å²) in [5.74, 6) is 0.107. The molecule has 1 aliphatic heterocycles. The van der Waals surface area contributed by atoms with Gasteiger partial charge in [-0.25, -0.2) is 13.1 Å². The predicted molar refractivity (Wildman–Crippen MR) is 104 cm³/mol. The van der Waals surface area contributed by atoms with Crippen molar-refractivity contribution in [3.8, 4) is 0 Å². The van der Waals surface area contributed by atoms with E-state index in [1.807, 2.05) is 35.2 Å². The van der Waals surface area contributed by atoms with Crippen molar-refractivity contribution in [3.05, 3.63) is 35.9 Å². The summed E-state index contributed by atoms with van der Waals surface area (Å²) in [7, 11) is -3.18. The minimum Gasteiger partial charge on any atom is -0.332 e. The van der Waals surface area contributed by atoms with Gasteiger partial charge in [-0.2, -0.15) is 0 Å². The Hall–Kier alpha value is -1.44. The van der Waals surface area contributed by atoms with E-state index in [0.29, 0.717) is 13.1 Å². The Balaban J connectivity index is 1.94. The largest absolute Gasteiger partial charge is 0.332 e. The van der Waals surface area contributed by atoms with Gasteiger partial charge in [0.1, 0.15) is 0 Å². The Labute approximate surface area is 157 Å². The molecule has 1 saturated heterocycles. The lowest BCUT2D eigenvalue weighted by atomic mass is 10.0. The molecule has 0 bridgehead atoms. The zero-order chi connectivity index (χ0) is 19.4. The number of sulfonamides is 1. The molecule has 146 valence electrons. The van der Waals surface area contributed by atoms with Crippen LogP contribution in [0.5, 0.6) is 0 Å². The summed E-state index contributed by atoms with van der Waals surface area (Å²) in [6, 6.07) is 9.99. The third-order valence-electron chi connectivity index (χ3n) is 4.62. The normalized spacial score (nSPS) is 17.2. The lowest BCUT2D eigenvalue weighted by Crippen LogP contribution is -2.51. The summed E-state index contributed by atoms with van der Waals surface area (Å²) < 4.78 is 25.4. The summed E-state index contributed by atoms with van der Waals surface area (Å²) in [4.78, 5) is 17.0. The Morgan fingerprint density at radius 2 is 1.77 bits per heavy atom. The monoisotopic (exact) mass is 381 g/mol. The number of piperidine rings is 1. The molecule has 1 N–H and O–H groups in total. The quantitative estimate of drug-likeness (QED) is 0.816. The topological polar surface area (TPSA) is 69.7 Å². The van der Waals surface area contributed by atoms with E-state index in [9.17, 15) is 13.2 Å². The van der Waals surface area contributed by atoms with Crippen LogP contribution in [0.25, 0.3) is 0 Å². The highest BCUT2D eigenvalue weighted by Gasteiger charge is 2.29. The molecule has 1 fully saturated rings. The first-order chi connectivity index (χ1) is 12.0. The van der Waals surface area contributed by atoms with Crippen LogP contribution in [-0.4, -0.2) is 61.6 Å². The number of amides is 1. The van der Waals surface area contributed by atoms with Crippen molar-refractivity contribution >= 4 is 15.9 Å². The van der Waals surface area contributed by atoms with Gasteiger partial charge in [-0.15, -0.1) is 0 Å². The highest BCUT2D eigenvalue weighted by atomic mass is 32.2. The fourth-order valence-electron chi connectivity index (χ4n) is 3.25. The number of likely N-dealkylation sites (tertiary alicyclic amines) is 1. The predicted octanol–water partition coefficient (Wildman–Crippen LogP) is 1.83. The molecule has 26 heavy (non-hydrogen) atoms. The number of nitrogens with zero attached hydrogens (tertiary/aromatic N) is 2. The van der Waals surface area contributed by atoms with Gasteiger partial charge < -0.3 is 4.90 Å². The Kier molecular flexibility index (Phi) is 6.82. The number of benzene rings is 1. The minimum absolute atomic E-state index is 0.0283. The Bertz CT molecular complexity index is 690. The van der Waals surface area contributed by atoms with E-state index >= 15 is 0 Å². The molecular weight excluding hydrogens is 350 g/mol. The van der Waals surface area contributed by atoms with Crippen LogP contribution >= 0.6 is 0 Å². The van der Waals surface area contributed by atoms with Crippen molar-refractivity contribution in [3.63, 3.8) is 0 Å². The molecule has 0 unspecified atom stereocenters. The fourth-order valence-corrected chi connectivity index (χ4v) is 4.09. The average molecular weight is 382 g/mol. The second-order valence-electron chi connectivity index (χ2n) is 8.08. The molecule has 0 aliphatic carbocycles. The maximum Gasteiger partial charge on any atom is 0.237 e. The van der Waals surface area contributed by atoms with Gasteiger partial charge >= 0.3 is 0 Å². The maximum absolute atomic E-state index is 12.9. The van der Waals surface area contributed by atoms with Crippen LogP contribution < -0.4 is 4.72 Å². The summed E-state index contributed by atoms with van der Waals surface area (Å²) in [5, 5.41) is 0. The van der Waals surface area contributed by atoms with Crippen molar-refractivity contribution in [2.45, 2.75) is 51.7 Å². The van der Waals surface area contributed by atoms with Crippen molar-refractivity contribution in [1.29, 1.82) is 0 Å². The molecule has 6 nitrogen and oxygen atoms in total. The molecule has 0 aromatic heterocycles. The summed E-state index contributed by atoms with van der Waals surface area (Å²) in [6.07, 6.45) is 2.65. The second-order valence-corrected chi connectivity index (χ2v) is 9.86. The van der Waals surface area contributed by atoms with Gasteiger partial charge in [-0.3, -0.25) is 9.69 Å². The lowest BCUT2D eigenvalue weighted by Gasteiger charge is -2.38. The van der Waals surface area contributed by atoms with E-state index in [1.54, 1.807) is 0 Å². The van der Waals surface area contributed by atoms with Crippen LogP contribution in [0.4, 0.5) is 0 Å². The van der Waals surface area contributed by atoms with Crippen molar-refractivity contribution < 1.29 is 13.2 Å². The van der Waals surface area contributed by atoms with Crippen LogP contribution in [0.3, 0.4) is 0 Å². The SMILES string of the molecule is CC(C)(C)N(Cc1ccccc1)C(=O)CN1CCC(NS(C)(=O)=O)CC1. The first kappa shape index (κ1) is 20.9. The molecule has 1 heterocycles. The van der Waals surface area contributed by atoms with Crippen LogP contribution in [0, 0.1) is 0 Å². The van der Waals surface area contributed by atoms with E-state index in [2.05, 4.69) is 30.4 Å². The van der Waals surface area contributed by atoms with Crippen molar-refractivity contribution in [2.75, 3.05) is 25.9 Å². The third-order valence-corrected chi connectivity index (χ3v) is 5.38. The molecule has 1 aromatic carbocycles. The molecule has 0 spiro atoms. The van der Waals surface area contributed by atoms with Gasteiger partial charge in [0.2, 0.25) is 15.9 Å². The number of carbonyl (C=O) groups is 1. The minimum atomic E-state index is -3.18. The van der Waals surface area contributed by atoms with E-state index in [1.165, 1.54) is 6.26 Å². The summed E-state index contributed by atoms with van der Waals surface area (Å²) in [6.45, 7) is 8.57. The highest BCUT2D eigenvalue weighted by molar-refractivity contribution is 7.88. The number of nitrogens with one attached hydrogen (secondary N) is 1. The van der Waals surface area contributed by atoms with Crippen molar-refractivity contribution in [2.24, 2.45) is 0 Å². The molecule has 2 rings (SSSR count). The maximum atomic E-state index is 12.9. The third kappa shape index (κ3) is 6.70. The van der Waals surface area contributed by atoms with Crippen LogP contribution in [0.1, 0.15) is 39.2 Å². The summed E-state index contributed by atoms with van der Waals surface area (Å²) in [5.41, 5.74) is 0.857. The van der Waals surface area contributed by atoms with E-state index < -0.39 is 10.0 Å². The number of hydrogen-bond acceptors (Lipinski definition) is 4. The Morgan fingerprint density at radius 3 is 2.27 bits per heavy atom. The van der Waals surface area contributed by atoms with Crippen LogP contribution in [0.15, 0.2) is 30.3 Å².